The molecule has 0 radical (unpaired) electrons. The Hall–Kier alpha value is -8.93. The fourth-order valence-electron chi connectivity index (χ4n) is 15.8. The minimum absolute atomic E-state index is 0.00220. The Morgan fingerprint density at radius 3 is 0.874 bits per heavy atom. The Morgan fingerprint density at radius 1 is 0.274 bits per heavy atom. The van der Waals surface area contributed by atoms with Crippen molar-refractivity contribution in [1.82, 2.24) is 0 Å². The predicted molar refractivity (Wildman–Crippen MR) is 410 cm³/mol. The molecule has 95 heavy (non-hydrogen) atoms. The van der Waals surface area contributed by atoms with Gasteiger partial charge in [-0.3, -0.25) is 0 Å². The Bertz CT molecular complexity index is 4540. The van der Waals surface area contributed by atoms with Crippen LogP contribution in [0.2, 0.25) is 0 Å². The van der Waals surface area contributed by atoms with E-state index in [0.29, 0.717) is 0 Å². The third-order valence-corrected chi connectivity index (χ3v) is 23.3. The van der Waals surface area contributed by atoms with Crippen molar-refractivity contribution in [3.63, 3.8) is 0 Å². The molecule has 2 aliphatic heterocycles. The molecule has 0 unspecified atom stereocenters. The quantitative estimate of drug-likeness (QED) is 0.140. The van der Waals surface area contributed by atoms with Gasteiger partial charge in [-0.25, -0.2) is 0 Å². The number of nitrogens with zero attached hydrogens (tertiary/aromatic N) is 2. The molecule has 0 aromatic heterocycles. The van der Waals surface area contributed by atoms with E-state index in [1.165, 1.54) is 119 Å². The molecular weight excluding hydrogens is 1180 g/mol. The van der Waals surface area contributed by atoms with Crippen molar-refractivity contribution in [3.05, 3.63) is 311 Å². The van der Waals surface area contributed by atoms with Gasteiger partial charge in [0.1, 0.15) is 0 Å². The Kier molecular flexibility index (Phi) is 14.5. The zero-order valence-corrected chi connectivity index (χ0v) is 58.4. The Morgan fingerprint density at radius 2 is 0.558 bits per heavy atom. The van der Waals surface area contributed by atoms with Crippen molar-refractivity contribution in [2.24, 2.45) is 0 Å². The van der Waals surface area contributed by atoms with Crippen LogP contribution >= 0.6 is 23.5 Å². The van der Waals surface area contributed by atoms with E-state index in [-0.39, 0.29) is 35.1 Å². The number of hydrogen-bond donors (Lipinski definition) is 0. The lowest BCUT2D eigenvalue weighted by Crippen LogP contribution is -2.55. The minimum Gasteiger partial charge on any atom is -0.310 e. The summed E-state index contributed by atoms with van der Waals surface area (Å²) in [4.78, 5) is 10.3. The van der Waals surface area contributed by atoms with Crippen molar-refractivity contribution in [2.45, 2.75) is 130 Å². The van der Waals surface area contributed by atoms with Crippen LogP contribution in [0.4, 0.5) is 34.1 Å². The maximum Gasteiger partial charge on any atom is 0.244 e. The van der Waals surface area contributed by atoms with E-state index in [1.807, 2.05) is 23.5 Å². The molecule has 0 saturated heterocycles. The van der Waals surface area contributed by atoms with Gasteiger partial charge in [0, 0.05) is 64.8 Å². The van der Waals surface area contributed by atoms with Crippen molar-refractivity contribution >= 4 is 104 Å². The molecule has 0 amide bonds. The molecule has 464 valence electrons. The summed E-state index contributed by atoms with van der Waals surface area (Å²) in [5, 5.41) is 0. The van der Waals surface area contributed by atoms with E-state index in [9.17, 15) is 0 Å². The molecule has 12 aromatic rings. The number of hydrogen-bond acceptors (Lipinski definition) is 4. The van der Waals surface area contributed by atoms with Crippen LogP contribution in [0.1, 0.15) is 128 Å². The molecule has 0 fully saturated rings. The zero-order valence-electron chi connectivity index (χ0n) is 56.8. The van der Waals surface area contributed by atoms with E-state index in [2.05, 4.69) is 360 Å². The fraction of sp³-hybridized carbons (Fsp3) is 0.191. The van der Waals surface area contributed by atoms with Gasteiger partial charge in [-0.15, -0.1) is 0 Å². The van der Waals surface area contributed by atoms with E-state index >= 15 is 0 Å². The monoisotopic (exact) mass is 1260 g/mol. The largest absolute Gasteiger partial charge is 0.310 e. The van der Waals surface area contributed by atoms with Crippen LogP contribution in [0, 0.1) is 0 Å². The molecule has 1 spiro atoms. The summed E-state index contributed by atoms with van der Waals surface area (Å²) in [6.07, 6.45) is 0. The third-order valence-electron chi connectivity index (χ3n) is 20.8. The SMILES string of the molecule is CC(C)(C)c1ccc(N(c2ccc(C(C)(C)C)cc2)c2ccc3c(c2)-c2c(ccc4c2Sc2ccccc2B4c2ccccc2)C32c3ccc(N(c4ccc(C(C)(C)C)cc4)c4ccc(C(C)(C)C)cc4)cc3-c3c2ccc2c3Sc3ccccc3B2c2ccccc2)cc1. The molecule has 2 nitrogen and oxygen atoms in total. The molecule has 4 aliphatic rings. The highest BCUT2D eigenvalue weighted by Crippen LogP contribution is 2.67. The lowest BCUT2D eigenvalue weighted by atomic mass is 9.36. The average molecular weight is 1260 g/mol. The Labute approximate surface area is 573 Å². The summed E-state index contributed by atoms with van der Waals surface area (Å²) in [5.74, 6) is 0. The smallest absolute Gasteiger partial charge is 0.244 e. The summed E-state index contributed by atoms with van der Waals surface area (Å²) in [6.45, 7) is 27.8. The van der Waals surface area contributed by atoms with E-state index in [1.54, 1.807) is 0 Å². The second-order valence-electron chi connectivity index (χ2n) is 30.8. The lowest BCUT2D eigenvalue weighted by molar-refractivity contribution is 0.590. The second kappa shape index (κ2) is 22.6. The van der Waals surface area contributed by atoms with Gasteiger partial charge in [0.15, 0.2) is 0 Å². The first-order valence-corrected chi connectivity index (χ1v) is 35.6. The highest BCUT2D eigenvalue weighted by atomic mass is 32.2. The molecule has 16 rings (SSSR count). The van der Waals surface area contributed by atoms with Gasteiger partial charge in [-0.05, 0) is 162 Å². The van der Waals surface area contributed by atoms with Gasteiger partial charge in [0.2, 0.25) is 13.4 Å². The number of rotatable bonds is 8. The van der Waals surface area contributed by atoms with Gasteiger partial charge in [0.25, 0.3) is 0 Å². The normalized spacial score (nSPS) is 14.1. The topological polar surface area (TPSA) is 6.48 Å². The fourth-order valence-corrected chi connectivity index (χ4v) is 18.4. The summed E-state index contributed by atoms with van der Waals surface area (Å²) in [7, 11) is 0. The minimum atomic E-state index is -0.711. The molecule has 0 saturated carbocycles. The van der Waals surface area contributed by atoms with E-state index < -0.39 is 5.41 Å². The average Bonchev–Trinajstić information content (AvgIpc) is 1.50. The highest BCUT2D eigenvalue weighted by Gasteiger charge is 2.55. The van der Waals surface area contributed by atoms with Crippen LogP contribution in [-0.2, 0) is 27.1 Å². The molecular formula is C89H80B2N2S2. The van der Waals surface area contributed by atoms with Crippen molar-refractivity contribution < 1.29 is 0 Å². The predicted octanol–water partition coefficient (Wildman–Crippen LogP) is 20.1. The maximum atomic E-state index is 2.57. The van der Waals surface area contributed by atoms with Crippen LogP contribution in [0.5, 0.6) is 0 Å². The number of benzene rings is 12. The molecule has 2 heterocycles. The molecule has 12 aromatic carbocycles. The lowest BCUT2D eigenvalue weighted by Gasteiger charge is -2.34. The molecule has 2 aliphatic carbocycles. The number of anilines is 6. The summed E-state index contributed by atoms with van der Waals surface area (Å²) >= 11 is 3.93. The van der Waals surface area contributed by atoms with Crippen molar-refractivity contribution in [3.8, 4) is 22.3 Å². The van der Waals surface area contributed by atoms with Crippen molar-refractivity contribution in [2.75, 3.05) is 9.80 Å². The van der Waals surface area contributed by atoms with Crippen LogP contribution < -0.4 is 42.6 Å². The van der Waals surface area contributed by atoms with E-state index in [4.69, 9.17) is 0 Å². The van der Waals surface area contributed by atoms with Crippen LogP contribution in [0.25, 0.3) is 22.3 Å². The van der Waals surface area contributed by atoms with E-state index in [0.717, 1.165) is 34.1 Å². The molecule has 6 heteroatoms. The Balaban J connectivity index is 1.00. The standard InChI is InChI=1S/C89H80B2N2S2/c1-85(2,3)57-31-39-63(40-32-57)92(64-41-33-58(34-42-64)86(4,5)6)67-47-49-71-69(55-67)81-73(51-53-77-83(81)94-79-29-21-19-27-75(79)90(77)61-23-15-13-16-24-61)89(71)72-50-48-68(93(65-43-35-59(36-44-65)87(7,8)9)66-45-37-60(38-46-66)88(10,11)12)56-70(72)82-74(89)52-54-78-84(82)95-80-30-22-20-28-76(80)91(78)62-25-17-14-18-26-62/h13-56H,1-12H3. The first kappa shape index (κ1) is 61.0. The maximum absolute atomic E-state index is 2.57. The summed E-state index contributed by atoms with van der Waals surface area (Å²) < 4.78 is 0. The molecule has 0 bridgehead atoms. The number of fused-ring (bicyclic) bond motifs is 16. The van der Waals surface area contributed by atoms with Crippen LogP contribution in [-0.4, -0.2) is 13.4 Å². The zero-order chi connectivity index (χ0) is 65.5. The summed E-state index contributed by atoms with van der Waals surface area (Å²) in [6, 6.07) is 103. The summed E-state index contributed by atoms with van der Waals surface area (Å²) in [5.41, 5.74) is 29.8. The first-order valence-electron chi connectivity index (χ1n) is 33.9. The highest BCUT2D eigenvalue weighted by molar-refractivity contribution is 8.00. The molecule has 0 N–H and O–H groups in total. The molecule has 0 atom stereocenters. The van der Waals surface area contributed by atoms with Gasteiger partial charge >= 0.3 is 0 Å². The van der Waals surface area contributed by atoms with Gasteiger partial charge in [0.05, 0.1) is 5.41 Å². The second-order valence-corrected chi connectivity index (χ2v) is 33.0. The first-order chi connectivity index (χ1) is 45.6. The van der Waals surface area contributed by atoms with Gasteiger partial charge in [-0.1, -0.05) is 321 Å². The van der Waals surface area contributed by atoms with Crippen molar-refractivity contribution in [1.29, 1.82) is 0 Å². The van der Waals surface area contributed by atoms with Crippen LogP contribution in [0.3, 0.4) is 0 Å². The van der Waals surface area contributed by atoms with Gasteiger partial charge in [-0.2, -0.15) is 0 Å². The van der Waals surface area contributed by atoms with Crippen LogP contribution in [0.15, 0.2) is 287 Å². The van der Waals surface area contributed by atoms with Gasteiger partial charge < -0.3 is 9.80 Å². The third kappa shape index (κ3) is 10.1.